The molecular weight excluding hydrogens is 316 g/mol. The molecule has 1 aromatic carbocycles. The zero-order chi connectivity index (χ0) is 16.2. The average molecular weight is 340 g/mol. The fourth-order valence-corrected chi connectivity index (χ4v) is 4.23. The van der Waals surface area contributed by atoms with Crippen molar-refractivity contribution in [3.63, 3.8) is 0 Å². The molecule has 1 N–H and O–H groups in total. The van der Waals surface area contributed by atoms with Gasteiger partial charge in [0.2, 0.25) is 0 Å². The predicted octanol–water partition coefficient (Wildman–Crippen LogP) is 4.11. The van der Waals surface area contributed by atoms with Crippen molar-refractivity contribution in [3.05, 3.63) is 54.4 Å². The molecule has 0 amide bonds. The minimum absolute atomic E-state index is 0.525. The fraction of sp³-hybridized carbons (Fsp3) is 0.450. The van der Waals surface area contributed by atoms with Crippen LogP contribution in [-0.4, -0.2) is 29.9 Å². The van der Waals surface area contributed by atoms with Crippen molar-refractivity contribution in [2.45, 2.75) is 36.1 Å². The molecule has 1 aliphatic heterocycles. The Balaban J connectivity index is 1.23. The van der Waals surface area contributed by atoms with Gasteiger partial charge < -0.3 is 10.1 Å². The third kappa shape index (κ3) is 4.11. The monoisotopic (exact) mass is 340 g/mol. The first-order valence-corrected chi connectivity index (χ1v) is 9.86. The summed E-state index contributed by atoms with van der Waals surface area (Å²) in [6.45, 7) is 1.88. The van der Waals surface area contributed by atoms with Gasteiger partial charge in [0.1, 0.15) is 12.4 Å². The Morgan fingerprint density at radius 2 is 2.08 bits per heavy atom. The van der Waals surface area contributed by atoms with Crippen LogP contribution in [0.2, 0.25) is 0 Å². The molecule has 2 aliphatic rings. The maximum atomic E-state index is 5.87. The molecular formula is C20H24N2OS. The van der Waals surface area contributed by atoms with Crippen molar-refractivity contribution in [2.75, 3.05) is 18.9 Å². The molecule has 2 fully saturated rings. The van der Waals surface area contributed by atoms with Crippen LogP contribution in [0.15, 0.2) is 53.7 Å². The van der Waals surface area contributed by atoms with Crippen LogP contribution in [0.25, 0.3) is 0 Å². The van der Waals surface area contributed by atoms with Gasteiger partial charge in [-0.25, -0.2) is 0 Å². The molecule has 0 bridgehead atoms. The molecule has 3 atom stereocenters. The van der Waals surface area contributed by atoms with Crippen molar-refractivity contribution in [3.8, 4) is 5.75 Å². The van der Waals surface area contributed by atoms with Gasteiger partial charge in [0.15, 0.2) is 0 Å². The molecule has 0 spiro atoms. The molecule has 126 valence electrons. The average Bonchev–Trinajstić information content (AvgIpc) is 3.34. The molecule has 4 rings (SSSR count). The Hall–Kier alpha value is -1.52. The van der Waals surface area contributed by atoms with Gasteiger partial charge in [-0.05, 0) is 67.2 Å². The first-order chi connectivity index (χ1) is 11.9. The second kappa shape index (κ2) is 7.58. The largest absolute Gasteiger partial charge is 0.490 e. The number of nitrogens with zero attached hydrogens (tertiary/aromatic N) is 1. The number of hydrogen-bond donors (Lipinski definition) is 1. The maximum Gasteiger partial charge on any atom is 0.137 e. The number of ether oxygens (including phenoxy) is 1. The van der Waals surface area contributed by atoms with Crippen LogP contribution in [-0.2, 0) is 0 Å². The Morgan fingerprint density at radius 1 is 1.21 bits per heavy atom. The minimum atomic E-state index is 0.525. The summed E-state index contributed by atoms with van der Waals surface area (Å²) in [5.41, 5.74) is 1.35. The molecule has 3 nitrogen and oxygen atoms in total. The van der Waals surface area contributed by atoms with E-state index in [-0.39, 0.29) is 0 Å². The molecule has 1 aliphatic carbocycles. The summed E-state index contributed by atoms with van der Waals surface area (Å²) in [5.74, 6) is 3.61. The van der Waals surface area contributed by atoms with Crippen molar-refractivity contribution >= 4 is 11.8 Å². The van der Waals surface area contributed by atoms with Gasteiger partial charge in [0.05, 0.1) is 6.20 Å². The first-order valence-electron chi connectivity index (χ1n) is 8.87. The fourth-order valence-electron chi connectivity index (χ4n) is 3.22. The zero-order valence-electron chi connectivity index (χ0n) is 13.9. The lowest BCUT2D eigenvalue weighted by atomic mass is 10.1. The van der Waals surface area contributed by atoms with E-state index < -0.39 is 0 Å². The summed E-state index contributed by atoms with van der Waals surface area (Å²) in [7, 11) is 0. The smallest absolute Gasteiger partial charge is 0.137 e. The SMILES string of the molecule is c1ccc(SCCC2CC2c2cncc(OCC3CCN3)c2)cc1. The number of pyridine rings is 1. The Labute approximate surface area is 148 Å². The Kier molecular flexibility index (Phi) is 5.04. The predicted molar refractivity (Wildman–Crippen MR) is 98.8 cm³/mol. The molecule has 2 heterocycles. The van der Waals surface area contributed by atoms with Gasteiger partial charge in [-0.1, -0.05) is 18.2 Å². The van der Waals surface area contributed by atoms with Crippen LogP contribution in [0.5, 0.6) is 5.75 Å². The van der Waals surface area contributed by atoms with Crippen LogP contribution < -0.4 is 10.1 Å². The van der Waals surface area contributed by atoms with Crippen molar-refractivity contribution in [2.24, 2.45) is 5.92 Å². The number of nitrogens with one attached hydrogen (secondary N) is 1. The number of aromatic nitrogens is 1. The molecule has 1 saturated heterocycles. The van der Waals surface area contributed by atoms with Crippen molar-refractivity contribution < 1.29 is 4.74 Å². The summed E-state index contributed by atoms with van der Waals surface area (Å²) < 4.78 is 5.87. The topological polar surface area (TPSA) is 34.1 Å². The van der Waals surface area contributed by atoms with Gasteiger partial charge in [0.25, 0.3) is 0 Å². The van der Waals surface area contributed by atoms with E-state index in [2.05, 4.69) is 46.7 Å². The highest BCUT2D eigenvalue weighted by Gasteiger charge is 2.38. The third-order valence-corrected chi connectivity index (χ3v) is 6.01. The highest BCUT2D eigenvalue weighted by atomic mass is 32.2. The summed E-state index contributed by atoms with van der Waals surface area (Å²) in [6, 6.07) is 13.4. The van der Waals surface area contributed by atoms with Gasteiger partial charge in [-0.15, -0.1) is 11.8 Å². The summed E-state index contributed by atoms with van der Waals surface area (Å²) in [4.78, 5) is 5.75. The summed E-state index contributed by atoms with van der Waals surface area (Å²) in [5, 5.41) is 3.36. The van der Waals surface area contributed by atoms with Crippen molar-refractivity contribution in [1.82, 2.24) is 10.3 Å². The second-order valence-corrected chi connectivity index (χ2v) is 7.93. The zero-order valence-corrected chi connectivity index (χ0v) is 14.7. The summed E-state index contributed by atoms with van der Waals surface area (Å²) in [6.07, 6.45) is 7.65. The highest BCUT2D eigenvalue weighted by molar-refractivity contribution is 7.99. The molecule has 24 heavy (non-hydrogen) atoms. The molecule has 3 unspecified atom stereocenters. The van der Waals surface area contributed by atoms with E-state index in [0.29, 0.717) is 12.0 Å². The third-order valence-electron chi connectivity index (χ3n) is 4.96. The van der Waals surface area contributed by atoms with E-state index in [1.807, 2.05) is 24.2 Å². The van der Waals surface area contributed by atoms with E-state index in [0.717, 1.165) is 24.8 Å². The van der Waals surface area contributed by atoms with Crippen LogP contribution in [0.4, 0.5) is 0 Å². The Morgan fingerprint density at radius 3 is 2.88 bits per heavy atom. The van der Waals surface area contributed by atoms with E-state index in [1.165, 1.54) is 35.5 Å². The van der Waals surface area contributed by atoms with Crippen LogP contribution in [0.1, 0.15) is 30.7 Å². The number of thioether (sulfide) groups is 1. The van der Waals surface area contributed by atoms with E-state index in [4.69, 9.17) is 4.74 Å². The standard InChI is InChI=1S/C20H24N2OS/c1-2-4-19(5-3-1)24-9-7-15-11-20(15)16-10-18(13-21-12-16)23-14-17-6-8-22-17/h1-5,10,12-13,15,17,20,22H,6-9,11,14H2. The van der Waals surface area contributed by atoms with E-state index in [9.17, 15) is 0 Å². The van der Waals surface area contributed by atoms with E-state index in [1.54, 1.807) is 0 Å². The number of rotatable bonds is 8. The second-order valence-electron chi connectivity index (χ2n) is 6.76. The normalized spacial score (nSPS) is 25.1. The molecule has 0 radical (unpaired) electrons. The van der Waals surface area contributed by atoms with Gasteiger partial charge >= 0.3 is 0 Å². The minimum Gasteiger partial charge on any atom is -0.490 e. The molecule has 2 aromatic rings. The first kappa shape index (κ1) is 16.0. The van der Waals surface area contributed by atoms with Gasteiger partial charge in [-0.2, -0.15) is 0 Å². The van der Waals surface area contributed by atoms with Crippen molar-refractivity contribution in [1.29, 1.82) is 0 Å². The van der Waals surface area contributed by atoms with Gasteiger partial charge in [-0.3, -0.25) is 4.98 Å². The lowest BCUT2D eigenvalue weighted by Crippen LogP contribution is -2.46. The van der Waals surface area contributed by atoms with Gasteiger partial charge in [0, 0.05) is 17.1 Å². The molecule has 4 heteroatoms. The highest BCUT2D eigenvalue weighted by Crippen LogP contribution is 2.50. The quantitative estimate of drug-likeness (QED) is 0.734. The molecule has 1 saturated carbocycles. The summed E-state index contributed by atoms with van der Waals surface area (Å²) >= 11 is 1.96. The van der Waals surface area contributed by atoms with Crippen LogP contribution >= 0.6 is 11.8 Å². The molecule has 1 aromatic heterocycles. The van der Waals surface area contributed by atoms with Crippen LogP contribution in [0, 0.1) is 5.92 Å². The number of hydrogen-bond acceptors (Lipinski definition) is 4. The lowest BCUT2D eigenvalue weighted by molar-refractivity contribution is 0.217. The van der Waals surface area contributed by atoms with Crippen LogP contribution in [0.3, 0.4) is 0 Å². The van der Waals surface area contributed by atoms with E-state index >= 15 is 0 Å². The lowest BCUT2D eigenvalue weighted by Gasteiger charge is -2.27. The Bertz CT molecular complexity index is 660. The maximum absolute atomic E-state index is 5.87. The number of benzene rings is 1.